The highest BCUT2D eigenvalue weighted by Crippen LogP contribution is 2.24. The predicted molar refractivity (Wildman–Crippen MR) is 137 cm³/mol. The summed E-state index contributed by atoms with van der Waals surface area (Å²) in [7, 11) is -3.41. The van der Waals surface area contributed by atoms with E-state index in [-0.39, 0.29) is 17.6 Å². The molecule has 0 unspecified atom stereocenters. The van der Waals surface area contributed by atoms with Gasteiger partial charge < -0.3 is 4.90 Å². The van der Waals surface area contributed by atoms with Crippen LogP contribution in [0.5, 0.6) is 0 Å². The number of halogens is 1. The highest BCUT2D eigenvalue weighted by molar-refractivity contribution is 7.88. The molecule has 2 heterocycles. The number of hydrogen-bond acceptors (Lipinski definition) is 4. The Morgan fingerprint density at radius 2 is 1.56 bits per heavy atom. The maximum Gasteiger partial charge on any atom is 0.225 e. The molecular formula is C26H32ClN3O3S. The second kappa shape index (κ2) is 11.5. The SMILES string of the molecule is O=C(C1CCN(S(=O)(=O)Cc2ccc(Cl)cc2)CC1)N1CCN(C/C=C/c2ccccc2)CC1. The van der Waals surface area contributed by atoms with Crippen molar-refractivity contribution in [3.63, 3.8) is 0 Å². The summed E-state index contributed by atoms with van der Waals surface area (Å²) in [5.41, 5.74) is 1.91. The average Bonchev–Trinajstić information content (AvgIpc) is 2.86. The van der Waals surface area contributed by atoms with Gasteiger partial charge in [-0.25, -0.2) is 12.7 Å². The Bertz CT molecular complexity index is 1070. The number of amides is 1. The van der Waals surface area contributed by atoms with E-state index in [4.69, 9.17) is 11.6 Å². The molecule has 2 aliphatic heterocycles. The largest absolute Gasteiger partial charge is 0.340 e. The molecule has 0 aliphatic carbocycles. The van der Waals surface area contributed by atoms with Crippen molar-refractivity contribution < 1.29 is 13.2 Å². The molecule has 2 aromatic rings. The molecule has 2 aromatic carbocycles. The molecule has 182 valence electrons. The minimum atomic E-state index is -3.41. The van der Waals surface area contributed by atoms with Gasteiger partial charge in [-0.3, -0.25) is 9.69 Å². The Balaban J connectivity index is 1.21. The zero-order chi connectivity index (χ0) is 24.0. The third-order valence-electron chi connectivity index (χ3n) is 6.62. The van der Waals surface area contributed by atoms with E-state index < -0.39 is 10.0 Å². The van der Waals surface area contributed by atoms with Crippen molar-refractivity contribution in [2.24, 2.45) is 5.92 Å². The topological polar surface area (TPSA) is 60.9 Å². The van der Waals surface area contributed by atoms with Crippen LogP contribution >= 0.6 is 11.6 Å². The lowest BCUT2D eigenvalue weighted by molar-refractivity contribution is -0.138. The van der Waals surface area contributed by atoms with Crippen molar-refractivity contribution in [1.82, 2.24) is 14.1 Å². The number of benzene rings is 2. The van der Waals surface area contributed by atoms with Gasteiger partial charge in [0.1, 0.15) is 0 Å². The third kappa shape index (κ3) is 6.69. The quantitative estimate of drug-likeness (QED) is 0.580. The van der Waals surface area contributed by atoms with Gasteiger partial charge in [0.25, 0.3) is 0 Å². The zero-order valence-corrected chi connectivity index (χ0v) is 20.9. The molecule has 0 bridgehead atoms. The van der Waals surface area contributed by atoms with Gasteiger partial charge in [0.15, 0.2) is 0 Å². The molecule has 4 rings (SSSR count). The minimum Gasteiger partial charge on any atom is -0.340 e. The molecule has 2 aliphatic rings. The summed E-state index contributed by atoms with van der Waals surface area (Å²) in [6, 6.07) is 17.1. The third-order valence-corrected chi connectivity index (χ3v) is 8.72. The minimum absolute atomic E-state index is 0.0382. The van der Waals surface area contributed by atoms with Gasteiger partial charge in [0.2, 0.25) is 15.9 Å². The number of carbonyl (C=O) groups excluding carboxylic acids is 1. The van der Waals surface area contributed by atoms with Crippen molar-refractivity contribution in [2.45, 2.75) is 18.6 Å². The molecular weight excluding hydrogens is 470 g/mol. The fourth-order valence-electron chi connectivity index (χ4n) is 4.57. The van der Waals surface area contributed by atoms with Crippen LogP contribution in [0, 0.1) is 5.92 Å². The maximum absolute atomic E-state index is 13.1. The van der Waals surface area contributed by atoms with Crippen molar-refractivity contribution in [3.8, 4) is 0 Å². The molecule has 0 aromatic heterocycles. The molecule has 8 heteroatoms. The van der Waals surface area contributed by atoms with E-state index in [1.165, 1.54) is 9.87 Å². The molecule has 0 saturated carbocycles. The van der Waals surface area contributed by atoms with Gasteiger partial charge in [-0.15, -0.1) is 0 Å². The van der Waals surface area contributed by atoms with Crippen molar-refractivity contribution in [1.29, 1.82) is 0 Å². The molecule has 6 nitrogen and oxygen atoms in total. The van der Waals surface area contributed by atoms with Gasteiger partial charge in [-0.2, -0.15) is 0 Å². The first-order valence-corrected chi connectivity index (χ1v) is 13.8. The lowest BCUT2D eigenvalue weighted by Crippen LogP contribution is -2.51. The summed E-state index contributed by atoms with van der Waals surface area (Å²) in [6.07, 6.45) is 5.47. The molecule has 34 heavy (non-hydrogen) atoms. The fourth-order valence-corrected chi connectivity index (χ4v) is 6.26. The lowest BCUT2D eigenvalue weighted by atomic mass is 9.96. The van der Waals surface area contributed by atoms with Crippen LogP contribution in [0.3, 0.4) is 0 Å². The summed E-state index contributed by atoms with van der Waals surface area (Å²) < 4.78 is 27.2. The molecule has 0 radical (unpaired) electrons. The van der Waals surface area contributed by atoms with Gasteiger partial charge in [-0.05, 0) is 36.1 Å². The highest BCUT2D eigenvalue weighted by atomic mass is 35.5. The number of nitrogens with zero attached hydrogens (tertiary/aromatic N) is 3. The first-order chi connectivity index (χ1) is 16.4. The van der Waals surface area contributed by atoms with Crippen LogP contribution in [0.2, 0.25) is 5.02 Å². The van der Waals surface area contributed by atoms with Gasteiger partial charge >= 0.3 is 0 Å². The van der Waals surface area contributed by atoms with Gasteiger partial charge in [-0.1, -0.05) is 66.2 Å². The number of piperidine rings is 1. The summed E-state index contributed by atoms with van der Waals surface area (Å²) in [6.45, 7) is 4.85. The van der Waals surface area contributed by atoms with E-state index in [9.17, 15) is 13.2 Å². The van der Waals surface area contributed by atoms with E-state index in [1.54, 1.807) is 24.3 Å². The van der Waals surface area contributed by atoms with Crippen molar-refractivity contribution in [3.05, 3.63) is 76.8 Å². The molecule has 2 fully saturated rings. The highest BCUT2D eigenvalue weighted by Gasteiger charge is 2.33. The van der Waals surface area contributed by atoms with Crippen LogP contribution in [0.25, 0.3) is 6.08 Å². The van der Waals surface area contributed by atoms with Gasteiger partial charge in [0.05, 0.1) is 5.75 Å². The van der Waals surface area contributed by atoms with E-state index in [1.807, 2.05) is 23.1 Å². The summed E-state index contributed by atoms with van der Waals surface area (Å²) >= 11 is 5.89. The molecule has 2 saturated heterocycles. The first kappa shape index (κ1) is 24.9. The normalized spacial score (nSPS) is 19.0. The monoisotopic (exact) mass is 501 g/mol. The Hall–Kier alpha value is -2.19. The Kier molecular flexibility index (Phi) is 8.42. The Morgan fingerprint density at radius 3 is 2.21 bits per heavy atom. The lowest BCUT2D eigenvalue weighted by Gasteiger charge is -2.38. The smallest absolute Gasteiger partial charge is 0.225 e. The maximum atomic E-state index is 13.1. The van der Waals surface area contributed by atoms with E-state index in [0.29, 0.717) is 31.0 Å². The average molecular weight is 502 g/mol. The van der Waals surface area contributed by atoms with Crippen LogP contribution < -0.4 is 0 Å². The molecule has 0 spiro atoms. The van der Waals surface area contributed by atoms with E-state index in [2.05, 4.69) is 29.2 Å². The van der Waals surface area contributed by atoms with Crippen LogP contribution in [-0.4, -0.2) is 74.2 Å². The number of piperazine rings is 1. The zero-order valence-electron chi connectivity index (χ0n) is 19.4. The van der Waals surface area contributed by atoms with Crippen LogP contribution in [0.4, 0.5) is 0 Å². The number of carbonyl (C=O) groups is 1. The van der Waals surface area contributed by atoms with Crippen LogP contribution in [-0.2, 0) is 20.6 Å². The molecule has 1 amide bonds. The number of sulfonamides is 1. The fraction of sp³-hybridized carbons (Fsp3) is 0.423. The molecule has 0 atom stereocenters. The Labute approximate surface area is 207 Å². The van der Waals surface area contributed by atoms with Crippen LogP contribution in [0.15, 0.2) is 60.7 Å². The van der Waals surface area contributed by atoms with E-state index >= 15 is 0 Å². The summed E-state index contributed by atoms with van der Waals surface area (Å²) in [4.78, 5) is 17.4. The van der Waals surface area contributed by atoms with E-state index in [0.717, 1.165) is 38.3 Å². The van der Waals surface area contributed by atoms with Crippen molar-refractivity contribution >= 4 is 33.6 Å². The molecule has 0 N–H and O–H groups in total. The summed E-state index contributed by atoms with van der Waals surface area (Å²) in [5.74, 6) is 0.0458. The Morgan fingerprint density at radius 1 is 0.912 bits per heavy atom. The standard InChI is InChI=1S/C26H32ClN3O3S/c27-25-10-8-23(9-11-25)21-34(32,33)30-15-12-24(13-16-30)26(31)29-19-17-28(18-20-29)14-4-7-22-5-2-1-3-6-22/h1-11,24H,12-21H2/b7-4+. The number of hydrogen-bond donors (Lipinski definition) is 0. The second-order valence-electron chi connectivity index (χ2n) is 8.99. The predicted octanol–water partition coefficient (Wildman–Crippen LogP) is 3.74. The number of rotatable bonds is 7. The van der Waals surface area contributed by atoms with Crippen molar-refractivity contribution in [2.75, 3.05) is 45.8 Å². The first-order valence-electron chi connectivity index (χ1n) is 11.9. The second-order valence-corrected chi connectivity index (χ2v) is 11.4. The van der Waals surface area contributed by atoms with Crippen LogP contribution in [0.1, 0.15) is 24.0 Å². The summed E-state index contributed by atoms with van der Waals surface area (Å²) in [5, 5.41) is 0.588. The van der Waals surface area contributed by atoms with Gasteiger partial charge in [0, 0.05) is 56.8 Å².